The number of primary amides is 1. The molecule has 3 heterocycles. The summed E-state index contributed by atoms with van der Waals surface area (Å²) >= 11 is 1.62. The second kappa shape index (κ2) is 7.27. The molecule has 2 N–H and O–H groups in total. The lowest BCUT2D eigenvalue weighted by Gasteiger charge is -2.38. The van der Waals surface area contributed by atoms with E-state index in [0.717, 1.165) is 50.9 Å². The molecule has 6 heteroatoms. The number of nitrogens with two attached hydrogens (primary N) is 1. The van der Waals surface area contributed by atoms with E-state index < -0.39 is 0 Å². The lowest BCUT2D eigenvalue weighted by Crippen LogP contribution is -2.51. The van der Waals surface area contributed by atoms with Gasteiger partial charge >= 0.3 is 0 Å². The number of thiophene rings is 1. The zero-order chi connectivity index (χ0) is 16.2. The number of hydrogen-bond acceptors (Lipinski definition) is 4. The molecule has 5 nitrogen and oxygen atoms in total. The lowest BCUT2D eigenvalue weighted by molar-refractivity contribution is -0.129. The van der Waals surface area contributed by atoms with Crippen LogP contribution < -0.4 is 5.73 Å². The van der Waals surface area contributed by atoms with Gasteiger partial charge in [-0.15, -0.1) is 0 Å². The molecular formula is C17H23N3O2S. The SMILES string of the molecule is NC(=O)[C@H]1CCCN1C1CCN(C(=O)/C=C/c2ccsc2)CC1. The first-order valence-electron chi connectivity index (χ1n) is 8.19. The first kappa shape index (κ1) is 16.2. The smallest absolute Gasteiger partial charge is 0.246 e. The van der Waals surface area contributed by atoms with Crippen LogP contribution in [0.5, 0.6) is 0 Å². The van der Waals surface area contributed by atoms with Crippen LogP contribution in [0, 0.1) is 0 Å². The molecule has 0 bridgehead atoms. The van der Waals surface area contributed by atoms with E-state index in [1.54, 1.807) is 17.4 Å². The minimum atomic E-state index is -0.209. The predicted octanol–water partition coefficient (Wildman–Crippen LogP) is 1.70. The standard InChI is InChI=1S/C17H23N3O2S/c18-17(22)15-2-1-8-20(15)14-5-9-19(10-6-14)16(21)4-3-13-7-11-23-12-13/h3-4,7,11-12,14-15H,1-2,5-6,8-10H2,(H2,18,22)/b4-3+/t15-/m1/s1. The average molecular weight is 333 g/mol. The molecule has 2 fully saturated rings. The van der Waals surface area contributed by atoms with Crippen molar-refractivity contribution in [3.8, 4) is 0 Å². The van der Waals surface area contributed by atoms with E-state index in [1.165, 1.54) is 0 Å². The maximum atomic E-state index is 12.2. The molecule has 1 atom stereocenters. The highest BCUT2D eigenvalue weighted by molar-refractivity contribution is 7.08. The molecular weight excluding hydrogens is 310 g/mol. The third kappa shape index (κ3) is 3.82. The van der Waals surface area contributed by atoms with Gasteiger partial charge in [-0.3, -0.25) is 14.5 Å². The van der Waals surface area contributed by atoms with Crippen LogP contribution in [0.1, 0.15) is 31.2 Å². The summed E-state index contributed by atoms with van der Waals surface area (Å²) in [7, 11) is 0. The summed E-state index contributed by atoms with van der Waals surface area (Å²) in [5, 5.41) is 4.02. The molecule has 0 spiro atoms. The minimum absolute atomic E-state index is 0.0718. The Morgan fingerprint density at radius 1 is 1.22 bits per heavy atom. The number of carbonyl (C=O) groups excluding carboxylic acids is 2. The Labute approximate surface area is 140 Å². The van der Waals surface area contributed by atoms with Gasteiger partial charge in [0.05, 0.1) is 6.04 Å². The van der Waals surface area contributed by atoms with E-state index >= 15 is 0 Å². The molecule has 1 aromatic rings. The molecule has 0 aliphatic carbocycles. The molecule has 3 rings (SSSR count). The van der Waals surface area contributed by atoms with E-state index in [0.29, 0.717) is 6.04 Å². The minimum Gasteiger partial charge on any atom is -0.368 e. The molecule has 23 heavy (non-hydrogen) atoms. The summed E-state index contributed by atoms with van der Waals surface area (Å²) in [6, 6.07) is 2.26. The van der Waals surface area contributed by atoms with E-state index in [1.807, 2.05) is 27.8 Å². The van der Waals surface area contributed by atoms with Gasteiger partial charge in [-0.05, 0) is 60.7 Å². The van der Waals surface area contributed by atoms with Crippen molar-refractivity contribution < 1.29 is 9.59 Å². The van der Waals surface area contributed by atoms with E-state index in [-0.39, 0.29) is 17.9 Å². The normalized spacial score (nSPS) is 23.7. The molecule has 0 saturated carbocycles. The fourth-order valence-corrected chi connectivity index (χ4v) is 4.22. The summed E-state index contributed by atoms with van der Waals surface area (Å²) in [5.41, 5.74) is 6.57. The largest absolute Gasteiger partial charge is 0.368 e. The van der Waals surface area contributed by atoms with E-state index in [9.17, 15) is 9.59 Å². The highest BCUT2D eigenvalue weighted by Crippen LogP contribution is 2.26. The molecule has 0 aromatic carbocycles. The third-order valence-electron chi connectivity index (χ3n) is 4.83. The summed E-state index contributed by atoms with van der Waals surface area (Å²) < 4.78 is 0. The Balaban J connectivity index is 1.52. The van der Waals surface area contributed by atoms with Crippen LogP contribution in [0.15, 0.2) is 22.9 Å². The molecule has 2 amide bonds. The monoisotopic (exact) mass is 333 g/mol. The fraction of sp³-hybridized carbons (Fsp3) is 0.529. The molecule has 0 radical (unpaired) electrons. The van der Waals surface area contributed by atoms with Gasteiger partial charge in [0, 0.05) is 25.2 Å². The number of piperidine rings is 1. The maximum absolute atomic E-state index is 12.2. The van der Waals surface area contributed by atoms with Crippen molar-refractivity contribution in [1.82, 2.24) is 9.80 Å². The number of amides is 2. The second-order valence-corrected chi connectivity index (χ2v) is 7.02. The maximum Gasteiger partial charge on any atom is 0.246 e. The molecule has 2 saturated heterocycles. The van der Waals surface area contributed by atoms with Crippen LogP contribution >= 0.6 is 11.3 Å². The molecule has 2 aliphatic rings. The quantitative estimate of drug-likeness (QED) is 0.853. The van der Waals surface area contributed by atoms with E-state index in [2.05, 4.69) is 4.90 Å². The number of likely N-dealkylation sites (tertiary alicyclic amines) is 2. The Morgan fingerprint density at radius 2 is 2.00 bits per heavy atom. The van der Waals surface area contributed by atoms with Crippen molar-refractivity contribution >= 4 is 29.2 Å². The van der Waals surface area contributed by atoms with Crippen LogP contribution in [0.25, 0.3) is 6.08 Å². The summed E-state index contributed by atoms with van der Waals surface area (Å²) in [6.45, 7) is 2.45. The second-order valence-electron chi connectivity index (χ2n) is 6.24. The Kier molecular flexibility index (Phi) is 5.13. The van der Waals surface area contributed by atoms with Gasteiger partial charge in [0.2, 0.25) is 11.8 Å². The Hall–Kier alpha value is -1.66. The van der Waals surface area contributed by atoms with Crippen molar-refractivity contribution in [2.75, 3.05) is 19.6 Å². The van der Waals surface area contributed by atoms with Gasteiger partial charge < -0.3 is 10.6 Å². The molecule has 124 valence electrons. The lowest BCUT2D eigenvalue weighted by atomic mass is 10.0. The van der Waals surface area contributed by atoms with Crippen LogP contribution in [0.2, 0.25) is 0 Å². The van der Waals surface area contributed by atoms with Gasteiger partial charge in [-0.25, -0.2) is 0 Å². The molecule has 0 unspecified atom stereocenters. The number of hydrogen-bond donors (Lipinski definition) is 1. The zero-order valence-corrected chi connectivity index (χ0v) is 14.0. The first-order valence-corrected chi connectivity index (χ1v) is 9.13. The summed E-state index contributed by atoms with van der Waals surface area (Å²) in [6.07, 6.45) is 7.27. The van der Waals surface area contributed by atoms with Gasteiger partial charge in [0.1, 0.15) is 0 Å². The summed E-state index contributed by atoms with van der Waals surface area (Å²) in [4.78, 5) is 27.9. The van der Waals surface area contributed by atoms with Crippen LogP contribution in [0.3, 0.4) is 0 Å². The van der Waals surface area contributed by atoms with Crippen molar-refractivity contribution in [1.29, 1.82) is 0 Å². The van der Waals surface area contributed by atoms with Crippen molar-refractivity contribution in [3.05, 3.63) is 28.5 Å². The fourth-order valence-electron chi connectivity index (χ4n) is 3.59. The topological polar surface area (TPSA) is 66.6 Å². The highest BCUT2D eigenvalue weighted by atomic mass is 32.1. The predicted molar refractivity (Wildman–Crippen MR) is 91.9 cm³/mol. The van der Waals surface area contributed by atoms with Gasteiger partial charge in [0.25, 0.3) is 0 Å². The number of nitrogens with zero attached hydrogens (tertiary/aromatic N) is 2. The van der Waals surface area contributed by atoms with Crippen LogP contribution in [0.4, 0.5) is 0 Å². The molecule has 2 aliphatic heterocycles. The van der Waals surface area contributed by atoms with Crippen LogP contribution in [-0.2, 0) is 9.59 Å². The van der Waals surface area contributed by atoms with Gasteiger partial charge in [-0.1, -0.05) is 0 Å². The van der Waals surface area contributed by atoms with Crippen molar-refractivity contribution in [2.45, 2.75) is 37.8 Å². The van der Waals surface area contributed by atoms with Gasteiger partial charge in [-0.2, -0.15) is 11.3 Å². The Bertz CT molecular complexity index is 577. The average Bonchev–Trinajstić information content (AvgIpc) is 3.24. The Morgan fingerprint density at radius 3 is 2.65 bits per heavy atom. The van der Waals surface area contributed by atoms with Crippen LogP contribution in [-0.4, -0.2) is 53.3 Å². The zero-order valence-electron chi connectivity index (χ0n) is 13.2. The first-order chi connectivity index (χ1) is 11.1. The highest BCUT2D eigenvalue weighted by Gasteiger charge is 2.35. The number of carbonyl (C=O) groups is 2. The summed E-state index contributed by atoms with van der Waals surface area (Å²) in [5.74, 6) is -0.137. The van der Waals surface area contributed by atoms with Gasteiger partial charge in [0.15, 0.2) is 0 Å². The molecule has 1 aromatic heterocycles. The number of rotatable bonds is 4. The van der Waals surface area contributed by atoms with E-state index in [4.69, 9.17) is 5.73 Å². The van der Waals surface area contributed by atoms with Crippen molar-refractivity contribution in [2.24, 2.45) is 5.73 Å². The van der Waals surface area contributed by atoms with Crippen molar-refractivity contribution in [3.63, 3.8) is 0 Å². The third-order valence-corrected chi connectivity index (χ3v) is 5.53.